The van der Waals surface area contributed by atoms with Gasteiger partial charge in [0.1, 0.15) is 6.10 Å². The van der Waals surface area contributed by atoms with E-state index in [9.17, 15) is 4.79 Å². The van der Waals surface area contributed by atoms with Crippen LogP contribution in [-0.2, 0) is 4.74 Å². The molecule has 1 fully saturated rings. The summed E-state index contributed by atoms with van der Waals surface area (Å²) in [4.78, 5) is 14.8. The number of para-hydroxylation sites is 1. The maximum absolute atomic E-state index is 13.0. The van der Waals surface area contributed by atoms with Crippen molar-refractivity contribution in [3.05, 3.63) is 59.2 Å². The molecular weight excluding hydrogens is 318 g/mol. The van der Waals surface area contributed by atoms with E-state index in [-0.39, 0.29) is 12.0 Å². The lowest BCUT2D eigenvalue weighted by molar-refractivity contribution is -0.0229. The zero-order valence-corrected chi connectivity index (χ0v) is 14.8. The van der Waals surface area contributed by atoms with E-state index in [2.05, 4.69) is 31.2 Å². The van der Waals surface area contributed by atoms with Crippen molar-refractivity contribution in [3.8, 4) is 11.5 Å². The summed E-state index contributed by atoms with van der Waals surface area (Å²) in [6.07, 6.45) is -0.116. The summed E-state index contributed by atoms with van der Waals surface area (Å²) in [5, 5.41) is 0. The summed E-state index contributed by atoms with van der Waals surface area (Å²) in [6.45, 7) is 3.64. The fourth-order valence-electron chi connectivity index (χ4n) is 3.04. The fourth-order valence-corrected chi connectivity index (χ4v) is 3.04. The van der Waals surface area contributed by atoms with E-state index >= 15 is 0 Å². The number of morpholine rings is 1. The third-order valence-corrected chi connectivity index (χ3v) is 4.44. The third-order valence-electron chi connectivity index (χ3n) is 4.44. The minimum atomic E-state index is -0.116. The van der Waals surface area contributed by atoms with Gasteiger partial charge >= 0.3 is 0 Å². The van der Waals surface area contributed by atoms with E-state index in [4.69, 9.17) is 14.2 Å². The molecule has 1 heterocycles. The first kappa shape index (κ1) is 17.3. The number of carbonyl (C=O) groups excluding carboxylic acids is 1. The zero-order chi connectivity index (χ0) is 17.8. The van der Waals surface area contributed by atoms with Crippen LogP contribution in [-0.4, -0.2) is 44.7 Å². The highest BCUT2D eigenvalue weighted by atomic mass is 16.5. The second-order valence-electron chi connectivity index (χ2n) is 6.06. The van der Waals surface area contributed by atoms with Gasteiger partial charge in [-0.3, -0.25) is 4.79 Å². The van der Waals surface area contributed by atoms with Crippen molar-refractivity contribution in [2.45, 2.75) is 13.0 Å². The van der Waals surface area contributed by atoms with Gasteiger partial charge in [0.15, 0.2) is 11.5 Å². The van der Waals surface area contributed by atoms with Gasteiger partial charge in [0.2, 0.25) is 0 Å². The van der Waals surface area contributed by atoms with Crippen LogP contribution in [0.1, 0.15) is 27.6 Å². The number of nitrogens with zero attached hydrogens (tertiary/aromatic N) is 1. The number of hydrogen-bond donors (Lipinski definition) is 0. The molecule has 1 aliphatic rings. The van der Waals surface area contributed by atoms with Crippen molar-refractivity contribution in [2.75, 3.05) is 33.9 Å². The van der Waals surface area contributed by atoms with E-state index in [1.807, 2.05) is 4.90 Å². The van der Waals surface area contributed by atoms with Gasteiger partial charge < -0.3 is 19.1 Å². The van der Waals surface area contributed by atoms with Crippen LogP contribution in [0.15, 0.2) is 42.5 Å². The summed E-state index contributed by atoms with van der Waals surface area (Å²) in [5.41, 5.74) is 2.79. The Morgan fingerprint density at radius 3 is 2.56 bits per heavy atom. The monoisotopic (exact) mass is 341 g/mol. The molecule has 0 spiro atoms. The average Bonchev–Trinajstić information content (AvgIpc) is 2.67. The van der Waals surface area contributed by atoms with Crippen LogP contribution < -0.4 is 9.47 Å². The van der Waals surface area contributed by atoms with Crippen molar-refractivity contribution in [1.29, 1.82) is 0 Å². The van der Waals surface area contributed by atoms with Crippen LogP contribution in [0.5, 0.6) is 11.5 Å². The van der Waals surface area contributed by atoms with E-state index < -0.39 is 0 Å². The molecule has 0 N–H and O–H groups in total. The smallest absolute Gasteiger partial charge is 0.257 e. The van der Waals surface area contributed by atoms with E-state index in [1.54, 1.807) is 32.4 Å². The second kappa shape index (κ2) is 7.57. The topological polar surface area (TPSA) is 48.0 Å². The summed E-state index contributed by atoms with van der Waals surface area (Å²) in [6, 6.07) is 13.6. The number of amides is 1. The van der Waals surface area contributed by atoms with Gasteiger partial charge in [-0.1, -0.05) is 35.9 Å². The first-order chi connectivity index (χ1) is 12.1. The Hall–Kier alpha value is -2.53. The Balaban J connectivity index is 1.82. The van der Waals surface area contributed by atoms with E-state index in [0.717, 1.165) is 5.56 Å². The van der Waals surface area contributed by atoms with Crippen LogP contribution in [0.4, 0.5) is 0 Å². The SMILES string of the molecule is COc1cccc(C(=O)N2CCOC(c3ccc(C)cc3)C2)c1OC. The summed E-state index contributed by atoms with van der Waals surface area (Å²) < 4.78 is 16.6. The molecule has 1 aliphatic heterocycles. The third kappa shape index (κ3) is 3.61. The fraction of sp³-hybridized carbons (Fsp3) is 0.350. The molecule has 132 valence electrons. The number of carbonyl (C=O) groups is 1. The number of methoxy groups -OCH3 is 2. The predicted octanol–water partition coefficient (Wildman–Crippen LogP) is 3.23. The largest absolute Gasteiger partial charge is 0.493 e. The molecular formula is C20H23NO4. The highest BCUT2D eigenvalue weighted by Gasteiger charge is 2.28. The number of benzene rings is 2. The van der Waals surface area contributed by atoms with E-state index in [0.29, 0.717) is 36.8 Å². The standard InChI is InChI=1S/C20H23NO4/c1-14-7-9-15(10-8-14)18-13-21(11-12-25-18)20(22)16-5-4-6-17(23-2)19(16)24-3/h4-10,18H,11-13H2,1-3H3. The number of hydrogen-bond acceptors (Lipinski definition) is 4. The lowest BCUT2D eigenvalue weighted by atomic mass is 10.0. The molecule has 0 aromatic heterocycles. The maximum Gasteiger partial charge on any atom is 0.257 e. The zero-order valence-electron chi connectivity index (χ0n) is 14.8. The van der Waals surface area contributed by atoms with Gasteiger partial charge in [0.05, 0.1) is 32.9 Å². The number of rotatable bonds is 4. The van der Waals surface area contributed by atoms with Crippen molar-refractivity contribution in [3.63, 3.8) is 0 Å². The van der Waals surface area contributed by atoms with E-state index in [1.165, 1.54) is 5.56 Å². The number of aryl methyl sites for hydroxylation is 1. The molecule has 1 amide bonds. The predicted molar refractivity (Wildman–Crippen MR) is 95.3 cm³/mol. The van der Waals surface area contributed by atoms with Gasteiger partial charge in [0.25, 0.3) is 5.91 Å². The molecule has 1 unspecified atom stereocenters. The van der Waals surface area contributed by atoms with Gasteiger partial charge in [-0.25, -0.2) is 0 Å². The highest BCUT2D eigenvalue weighted by Crippen LogP contribution is 2.32. The van der Waals surface area contributed by atoms with Crippen LogP contribution in [0.3, 0.4) is 0 Å². The minimum Gasteiger partial charge on any atom is -0.493 e. The Kier molecular flexibility index (Phi) is 5.24. The van der Waals surface area contributed by atoms with Gasteiger partial charge in [-0.05, 0) is 24.6 Å². The molecule has 2 aromatic carbocycles. The quantitative estimate of drug-likeness (QED) is 0.857. The molecule has 5 heteroatoms. The first-order valence-corrected chi connectivity index (χ1v) is 8.32. The first-order valence-electron chi connectivity index (χ1n) is 8.32. The molecule has 1 atom stereocenters. The lowest BCUT2D eigenvalue weighted by Crippen LogP contribution is -2.42. The number of ether oxygens (including phenoxy) is 3. The summed E-state index contributed by atoms with van der Waals surface area (Å²) in [5.74, 6) is 0.946. The molecule has 3 rings (SSSR count). The normalized spacial score (nSPS) is 17.2. The Bertz CT molecular complexity index is 742. The summed E-state index contributed by atoms with van der Waals surface area (Å²) in [7, 11) is 3.11. The Labute approximate surface area is 148 Å². The average molecular weight is 341 g/mol. The van der Waals surface area contributed by atoms with Crippen LogP contribution in [0.2, 0.25) is 0 Å². The van der Waals surface area contributed by atoms with Crippen LogP contribution in [0.25, 0.3) is 0 Å². The Morgan fingerprint density at radius 2 is 1.88 bits per heavy atom. The Morgan fingerprint density at radius 1 is 1.12 bits per heavy atom. The molecule has 0 radical (unpaired) electrons. The van der Waals surface area contributed by atoms with Gasteiger partial charge in [-0.2, -0.15) is 0 Å². The minimum absolute atomic E-state index is 0.0730. The van der Waals surface area contributed by atoms with Gasteiger partial charge in [0, 0.05) is 6.54 Å². The maximum atomic E-state index is 13.0. The molecule has 1 saturated heterocycles. The highest BCUT2D eigenvalue weighted by molar-refractivity contribution is 5.98. The van der Waals surface area contributed by atoms with Crippen LogP contribution in [0, 0.1) is 6.92 Å². The van der Waals surface area contributed by atoms with Crippen molar-refractivity contribution in [2.24, 2.45) is 0 Å². The van der Waals surface area contributed by atoms with Crippen LogP contribution >= 0.6 is 0 Å². The van der Waals surface area contributed by atoms with Crippen molar-refractivity contribution >= 4 is 5.91 Å². The molecule has 5 nitrogen and oxygen atoms in total. The van der Waals surface area contributed by atoms with Crippen molar-refractivity contribution < 1.29 is 19.0 Å². The molecule has 25 heavy (non-hydrogen) atoms. The molecule has 0 aliphatic carbocycles. The van der Waals surface area contributed by atoms with Gasteiger partial charge in [-0.15, -0.1) is 0 Å². The molecule has 0 bridgehead atoms. The van der Waals surface area contributed by atoms with Crippen molar-refractivity contribution in [1.82, 2.24) is 4.90 Å². The summed E-state index contributed by atoms with van der Waals surface area (Å²) >= 11 is 0. The second-order valence-corrected chi connectivity index (χ2v) is 6.06. The lowest BCUT2D eigenvalue weighted by Gasteiger charge is -2.33. The molecule has 2 aromatic rings. The molecule has 0 saturated carbocycles.